The van der Waals surface area contributed by atoms with Crippen molar-refractivity contribution < 1.29 is 18.3 Å². The molecule has 1 unspecified atom stereocenters. The molecule has 5 atom stereocenters. The van der Waals surface area contributed by atoms with Crippen LogP contribution in [0.2, 0.25) is 0 Å². The maximum absolute atomic E-state index is 17.1. The van der Waals surface area contributed by atoms with Crippen molar-refractivity contribution in [2.45, 2.75) is 68.8 Å². The number of nitrogens with one attached hydrogen (secondary N) is 1. The predicted molar refractivity (Wildman–Crippen MR) is 172 cm³/mol. The molecular formula is C36H34F2N6O2. The van der Waals surface area contributed by atoms with Crippen molar-refractivity contribution in [2.75, 3.05) is 31.1 Å². The monoisotopic (exact) mass is 620 g/mol. The summed E-state index contributed by atoms with van der Waals surface area (Å²) < 4.78 is 45.1. The molecule has 0 saturated carbocycles. The van der Waals surface area contributed by atoms with Crippen molar-refractivity contribution in [3.63, 3.8) is 0 Å². The second-order valence-electron chi connectivity index (χ2n) is 13.6. The molecule has 46 heavy (non-hydrogen) atoms. The molecule has 4 saturated heterocycles. The fourth-order valence-corrected chi connectivity index (χ4v) is 8.87. The van der Waals surface area contributed by atoms with Gasteiger partial charge in [0.05, 0.1) is 17.1 Å². The van der Waals surface area contributed by atoms with Crippen LogP contribution >= 0.6 is 0 Å². The van der Waals surface area contributed by atoms with Crippen LogP contribution in [0.1, 0.15) is 44.6 Å². The Hall–Kier alpha value is -4.33. The Morgan fingerprint density at radius 3 is 2.93 bits per heavy atom. The van der Waals surface area contributed by atoms with Crippen molar-refractivity contribution in [2.24, 2.45) is 0 Å². The minimum Gasteiger partial charge on any atom is -0.472 e. The topological polar surface area (TPSA) is 75.6 Å². The van der Waals surface area contributed by atoms with E-state index < -0.39 is 11.6 Å². The van der Waals surface area contributed by atoms with Crippen LogP contribution in [0.15, 0.2) is 42.5 Å². The molecule has 0 radical (unpaired) electrons. The van der Waals surface area contributed by atoms with E-state index in [4.69, 9.17) is 30.8 Å². The summed E-state index contributed by atoms with van der Waals surface area (Å²) in [6, 6.07) is 8.84. The quantitative estimate of drug-likeness (QED) is 0.241. The molecule has 9 rings (SSSR count). The molecule has 4 aromatic rings. The number of hydrogen-bond donors (Lipinski definition) is 1. The summed E-state index contributed by atoms with van der Waals surface area (Å²) in [5.74, 6) is 2.07. The first-order valence-corrected chi connectivity index (χ1v) is 16.2. The minimum absolute atomic E-state index is 0.00910. The van der Waals surface area contributed by atoms with Gasteiger partial charge in [-0.15, -0.1) is 6.42 Å². The Morgan fingerprint density at radius 2 is 2.07 bits per heavy atom. The van der Waals surface area contributed by atoms with Gasteiger partial charge in [0.2, 0.25) is 5.88 Å². The highest BCUT2D eigenvalue weighted by atomic mass is 19.1. The van der Waals surface area contributed by atoms with E-state index in [1.165, 1.54) is 11.6 Å². The number of terminal acetylenes is 1. The first kappa shape index (κ1) is 27.9. The van der Waals surface area contributed by atoms with Crippen LogP contribution < -0.4 is 19.7 Å². The van der Waals surface area contributed by atoms with E-state index in [1.54, 1.807) is 18.2 Å². The van der Waals surface area contributed by atoms with Gasteiger partial charge in [-0.2, -0.15) is 9.97 Å². The zero-order chi connectivity index (χ0) is 31.3. The Bertz CT molecular complexity index is 2010. The lowest BCUT2D eigenvalue weighted by molar-refractivity contribution is 0.108. The molecule has 0 spiro atoms. The van der Waals surface area contributed by atoms with Crippen molar-refractivity contribution in [1.29, 1.82) is 0 Å². The first-order chi connectivity index (χ1) is 22.3. The molecular weight excluding hydrogens is 586 g/mol. The van der Waals surface area contributed by atoms with Crippen molar-refractivity contribution in [1.82, 2.24) is 25.2 Å². The number of halogens is 2. The summed E-state index contributed by atoms with van der Waals surface area (Å²) in [6.07, 6.45) is 10.5. The van der Waals surface area contributed by atoms with E-state index in [2.05, 4.69) is 27.6 Å². The molecule has 8 nitrogen and oxygen atoms in total. The predicted octanol–water partition coefficient (Wildman–Crippen LogP) is 5.37. The number of hydrogen-bond acceptors (Lipinski definition) is 8. The highest BCUT2D eigenvalue weighted by Gasteiger charge is 2.48. The smallest absolute Gasteiger partial charge is 0.319 e. The number of pyridine rings is 1. The molecule has 4 fully saturated rings. The zero-order valence-electron chi connectivity index (χ0n) is 25.7. The van der Waals surface area contributed by atoms with Crippen LogP contribution in [-0.4, -0.2) is 75.9 Å². The molecule has 10 heteroatoms. The van der Waals surface area contributed by atoms with E-state index in [1.807, 2.05) is 13.0 Å². The van der Waals surface area contributed by atoms with Gasteiger partial charge < -0.3 is 19.7 Å². The van der Waals surface area contributed by atoms with Crippen LogP contribution in [0.3, 0.4) is 0 Å². The molecule has 234 valence electrons. The van der Waals surface area contributed by atoms with Gasteiger partial charge in [-0.1, -0.05) is 42.3 Å². The molecule has 1 N–H and O–H groups in total. The SMILES string of the molecule is C#Cc1c(F)ccc2cccc(-c3nc4c5c(nc(OCC67CCCN6CC(=C)C7)nc5c3F)N3C[C@H]5CC[C@H](N5)[C@H]3[C@H](C)O4)c12. The molecule has 2 aromatic heterocycles. The van der Waals surface area contributed by atoms with E-state index >= 15 is 4.39 Å². The fraction of sp³-hybridized carbons (Fsp3) is 0.417. The van der Waals surface area contributed by atoms with Crippen LogP contribution in [0.5, 0.6) is 11.9 Å². The van der Waals surface area contributed by atoms with Gasteiger partial charge in [-0.05, 0) is 57.0 Å². The zero-order valence-corrected chi connectivity index (χ0v) is 25.7. The average molecular weight is 621 g/mol. The summed E-state index contributed by atoms with van der Waals surface area (Å²) in [4.78, 5) is 19.2. The first-order valence-electron chi connectivity index (χ1n) is 16.2. The number of rotatable bonds is 4. The third kappa shape index (κ3) is 4.01. The molecule has 7 heterocycles. The Balaban J connectivity index is 1.25. The highest BCUT2D eigenvalue weighted by molar-refractivity contribution is 6.03. The van der Waals surface area contributed by atoms with Gasteiger partial charge in [0.25, 0.3) is 0 Å². The Kier molecular flexibility index (Phi) is 6.12. The lowest BCUT2D eigenvalue weighted by atomic mass is 9.94. The molecule has 0 aliphatic carbocycles. The van der Waals surface area contributed by atoms with E-state index in [0.717, 1.165) is 45.2 Å². The minimum atomic E-state index is -0.658. The molecule has 5 aliphatic rings. The van der Waals surface area contributed by atoms with Crippen LogP contribution in [0, 0.1) is 24.0 Å². The van der Waals surface area contributed by atoms with Crippen molar-refractivity contribution >= 4 is 27.5 Å². The summed E-state index contributed by atoms with van der Waals surface area (Å²) in [5, 5.41) is 5.25. The van der Waals surface area contributed by atoms with Gasteiger partial charge in [-0.3, -0.25) is 4.90 Å². The maximum atomic E-state index is 17.1. The number of nitrogens with zero attached hydrogens (tertiary/aromatic N) is 5. The van der Waals surface area contributed by atoms with Gasteiger partial charge in [0.1, 0.15) is 40.9 Å². The molecule has 2 aromatic carbocycles. The van der Waals surface area contributed by atoms with Gasteiger partial charge in [-0.25, -0.2) is 13.8 Å². The van der Waals surface area contributed by atoms with Crippen molar-refractivity contribution in [3.05, 3.63) is 59.7 Å². The fourth-order valence-electron chi connectivity index (χ4n) is 8.87. The summed E-state index contributed by atoms with van der Waals surface area (Å²) in [7, 11) is 0. The Morgan fingerprint density at radius 1 is 1.17 bits per heavy atom. The average Bonchev–Trinajstić information content (AvgIpc) is 3.69. The molecule has 5 aliphatic heterocycles. The lowest BCUT2D eigenvalue weighted by Gasteiger charge is -2.42. The van der Waals surface area contributed by atoms with Gasteiger partial charge in [0.15, 0.2) is 5.82 Å². The highest BCUT2D eigenvalue weighted by Crippen LogP contribution is 2.46. The number of benzene rings is 2. The van der Waals surface area contributed by atoms with Gasteiger partial charge in [0, 0.05) is 36.1 Å². The van der Waals surface area contributed by atoms with Gasteiger partial charge >= 0.3 is 6.01 Å². The largest absolute Gasteiger partial charge is 0.472 e. The Labute approximate surface area is 265 Å². The third-order valence-electron chi connectivity index (χ3n) is 10.8. The molecule has 2 bridgehead atoms. The maximum Gasteiger partial charge on any atom is 0.319 e. The lowest BCUT2D eigenvalue weighted by Crippen LogP contribution is -2.62. The summed E-state index contributed by atoms with van der Waals surface area (Å²) in [5.41, 5.74) is 1.52. The van der Waals surface area contributed by atoms with Crippen molar-refractivity contribution in [3.8, 4) is 35.5 Å². The van der Waals surface area contributed by atoms with Crippen LogP contribution in [-0.2, 0) is 0 Å². The number of piperazine rings is 1. The normalized spacial score (nSPS) is 28.2. The summed E-state index contributed by atoms with van der Waals surface area (Å²) >= 11 is 0. The number of fused-ring (bicyclic) bond motifs is 7. The summed E-state index contributed by atoms with van der Waals surface area (Å²) in [6.45, 7) is 9.24. The van der Waals surface area contributed by atoms with E-state index in [9.17, 15) is 4.39 Å². The second-order valence-corrected chi connectivity index (χ2v) is 13.6. The number of aromatic nitrogens is 3. The molecule has 0 amide bonds. The van der Waals surface area contributed by atoms with E-state index in [-0.39, 0.29) is 52.4 Å². The van der Waals surface area contributed by atoms with Crippen LogP contribution in [0.4, 0.5) is 14.6 Å². The number of ether oxygens (including phenoxy) is 2. The number of anilines is 1. The third-order valence-corrected chi connectivity index (χ3v) is 10.8. The standard InChI is InChI=1S/C36H34F2N6O2/c1-4-23-25(37)11-9-21-7-5-8-24(27(21)23)30-29(38)31-28-33(42-35(41-31)45-18-36-13-6-14-43(36)16-19(2)15-36)44-17-22-10-12-26(39-22)32(44)20(3)46-34(28)40-30/h1,5,7-9,11,20,22,26,32,39H,2,6,10,12-18H2,3H3/t20-,22+,26-,32+,36?/m0/s1. The second kappa shape index (κ2) is 10.1. The van der Waals surface area contributed by atoms with Crippen LogP contribution in [0.25, 0.3) is 32.9 Å². The van der Waals surface area contributed by atoms with E-state index in [0.29, 0.717) is 46.7 Å².